The topological polar surface area (TPSA) is 72.9 Å². The van der Waals surface area contributed by atoms with Crippen molar-refractivity contribution < 1.29 is 4.79 Å². The van der Waals surface area contributed by atoms with Crippen LogP contribution in [-0.2, 0) is 6.54 Å². The van der Waals surface area contributed by atoms with Crippen LogP contribution in [0.15, 0.2) is 36.5 Å². The molecule has 2 aromatic rings. The Morgan fingerprint density at radius 3 is 3.00 bits per heavy atom. The van der Waals surface area contributed by atoms with Crippen LogP contribution in [0.5, 0.6) is 0 Å². The van der Waals surface area contributed by atoms with Crippen LogP contribution in [0.1, 0.15) is 30.1 Å². The van der Waals surface area contributed by atoms with E-state index in [1.807, 2.05) is 0 Å². The van der Waals surface area contributed by atoms with Crippen molar-refractivity contribution in [1.29, 1.82) is 0 Å². The molecule has 0 aliphatic heterocycles. The first-order chi connectivity index (χ1) is 9.20. The van der Waals surface area contributed by atoms with Crippen LogP contribution in [0.3, 0.4) is 0 Å². The minimum atomic E-state index is -0.175. The Balaban J connectivity index is 2.09. The molecular formula is C14H18N4O. The summed E-state index contributed by atoms with van der Waals surface area (Å²) in [7, 11) is 0. The van der Waals surface area contributed by atoms with Crippen LogP contribution in [-0.4, -0.2) is 15.7 Å². The van der Waals surface area contributed by atoms with Crippen molar-refractivity contribution in [3.8, 4) is 0 Å². The predicted molar refractivity (Wildman–Crippen MR) is 75.9 cm³/mol. The summed E-state index contributed by atoms with van der Waals surface area (Å²) < 4.78 is 1.80. The number of nitrogens with zero attached hydrogens (tertiary/aromatic N) is 2. The Hall–Kier alpha value is -2.30. The fourth-order valence-electron chi connectivity index (χ4n) is 1.79. The quantitative estimate of drug-likeness (QED) is 0.809. The lowest BCUT2D eigenvalue weighted by molar-refractivity contribution is 0.102. The molecule has 0 unspecified atom stereocenters. The van der Waals surface area contributed by atoms with E-state index >= 15 is 0 Å². The molecule has 5 heteroatoms. The van der Waals surface area contributed by atoms with E-state index in [1.165, 1.54) is 0 Å². The maximum Gasteiger partial charge on any atom is 0.256 e. The van der Waals surface area contributed by atoms with Crippen molar-refractivity contribution >= 4 is 17.4 Å². The van der Waals surface area contributed by atoms with Gasteiger partial charge in [0.1, 0.15) is 5.82 Å². The van der Waals surface area contributed by atoms with Crippen LogP contribution in [0.2, 0.25) is 0 Å². The van der Waals surface area contributed by atoms with Gasteiger partial charge in [0.25, 0.3) is 5.91 Å². The number of aryl methyl sites for hydroxylation is 1. The molecular weight excluding hydrogens is 240 g/mol. The summed E-state index contributed by atoms with van der Waals surface area (Å²) in [4.78, 5) is 12.1. The molecule has 100 valence electrons. The van der Waals surface area contributed by atoms with Crippen LogP contribution >= 0.6 is 0 Å². The van der Waals surface area contributed by atoms with Crippen molar-refractivity contribution in [3.05, 3.63) is 42.1 Å². The van der Waals surface area contributed by atoms with Crippen molar-refractivity contribution in [2.45, 2.75) is 26.3 Å². The van der Waals surface area contributed by atoms with Crippen molar-refractivity contribution in [3.63, 3.8) is 0 Å². The molecule has 0 radical (unpaired) electrons. The molecule has 1 aromatic carbocycles. The highest BCUT2D eigenvalue weighted by Gasteiger charge is 2.09. The van der Waals surface area contributed by atoms with Crippen LogP contribution in [0.25, 0.3) is 0 Å². The smallest absolute Gasteiger partial charge is 0.256 e. The first-order valence-electron chi connectivity index (χ1n) is 6.39. The summed E-state index contributed by atoms with van der Waals surface area (Å²) in [5.41, 5.74) is 6.79. The number of hydrogen-bond donors (Lipinski definition) is 2. The van der Waals surface area contributed by atoms with Gasteiger partial charge in [0, 0.05) is 23.9 Å². The second-order valence-corrected chi connectivity index (χ2v) is 4.37. The standard InChI is InChI=1S/C14H18N4O/c1-2-3-9-18-13(7-8-16-18)17-14(19)11-5-4-6-12(15)10-11/h4-8,10H,2-3,9,15H2,1H3,(H,17,19). The van der Waals surface area contributed by atoms with E-state index < -0.39 is 0 Å². The molecule has 3 N–H and O–H groups in total. The maximum atomic E-state index is 12.1. The highest BCUT2D eigenvalue weighted by molar-refractivity contribution is 6.04. The van der Waals surface area contributed by atoms with Gasteiger partial charge in [-0.05, 0) is 24.6 Å². The third-order valence-electron chi connectivity index (χ3n) is 2.83. The number of hydrogen-bond acceptors (Lipinski definition) is 3. The second-order valence-electron chi connectivity index (χ2n) is 4.37. The van der Waals surface area contributed by atoms with Gasteiger partial charge in [-0.3, -0.25) is 4.79 Å². The van der Waals surface area contributed by atoms with E-state index in [4.69, 9.17) is 5.73 Å². The number of nitrogens with two attached hydrogens (primary N) is 1. The fourth-order valence-corrected chi connectivity index (χ4v) is 1.79. The maximum absolute atomic E-state index is 12.1. The van der Waals surface area contributed by atoms with Gasteiger partial charge in [-0.1, -0.05) is 19.4 Å². The largest absolute Gasteiger partial charge is 0.399 e. The number of benzene rings is 1. The molecule has 0 atom stereocenters. The van der Waals surface area contributed by atoms with Crippen LogP contribution in [0, 0.1) is 0 Å². The van der Waals surface area contributed by atoms with Crippen molar-refractivity contribution in [2.75, 3.05) is 11.1 Å². The van der Waals surface area contributed by atoms with Gasteiger partial charge in [-0.25, -0.2) is 4.68 Å². The third kappa shape index (κ3) is 3.34. The van der Waals surface area contributed by atoms with Crippen molar-refractivity contribution in [2.24, 2.45) is 0 Å². The van der Waals surface area contributed by atoms with Gasteiger partial charge < -0.3 is 11.1 Å². The monoisotopic (exact) mass is 258 g/mol. The molecule has 1 aromatic heterocycles. The summed E-state index contributed by atoms with van der Waals surface area (Å²) in [6, 6.07) is 8.70. The average molecular weight is 258 g/mol. The summed E-state index contributed by atoms with van der Waals surface area (Å²) in [5.74, 6) is 0.534. The number of aromatic nitrogens is 2. The highest BCUT2D eigenvalue weighted by atomic mass is 16.1. The van der Waals surface area contributed by atoms with E-state index in [1.54, 1.807) is 41.2 Å². The summed E-state index contributed by atoms with van der Waals surface area (Å²) >= 11 is 0. The molecule has 0 aliphatic carbocycles. The Morgan fingerprint density at radius 2 is 2.26 bits per heavy atom. The molecule has 19 heavy (non-hydrogen) atoms. The van der Waals surface area contributed by atoms with Crippen molar-refractivity contribution in [1.82, 2.24) is 9.78 Å². The molecule has 0 fully saturated rings. The summed E-state index contributed by atoms with van der Waals surface area (Å²) in [5, 5.41) is 7.04. The number of nitrogens with one attached hydrogen (secondary N) is 1. The molecule has 0 aliphatic rings. The number of unbranched alkanes of at least 4 members (excludes halogenated alkanes) is 1. The molecule has 0 saturated carbocycles. The molecule has 5 nitrogen and oxygen atoms in total. The Labute approximate surface area is 112 Å². The fraction of sp³-hybridized carbons (Fsp3) is 0.286. The minimum absolute atomic E-state index is 0.175. The zero-order valence-corrected chi connectivity index (χ0v) is 11.0. The number of anilines is 2. The van der Waals surface area contributed by atoms with Crippen LogP contribution in [0.4, 0.5) is 11.5 Å². The summed E-state index contributed by atoms with van der Waals surface area (Å²) in [6.07, 6.45) is 3.80. The van der Waals surface area contributed by atoms with Crippen LogP contribution < -0.4 is 11.1 Å². The molecule has 0 bridgehead atoms. The third-order valence-corrected chi connectivity index (χ3v) is 2.83. The first-order valence-corrected chi connectivity index (χ1v) is 6.39. The average Bonchev–Trinajstić information content (AvgIpc) is 2.83. The van der Waals surface area contributed by atoms with Gasteiger partial charge in [0.2, 0.25) is 0 Å². The summed E-state index contributed by atoms with van der Waals surface area (Å²) in [6.45, 7) is 2.92. The Bertz CT molecular complexity index is 562. The Morgan fingerprint density at radius 1 is 1.42 bits per heavy atom. The van der Waals surface area contributed by atoms with E-state index in [2.05, 4.69) is 17.3 Å². The Kier molecular flexibility index (Phi) is 4.18. The molecule has 1 amide bonds. The molecule has 1 heterocycles. The van der Waals surface area contributed by atoms with Gasteiger partial charge in [-0.2, -0.15) is 5.10 Å². The van der Waals surface area contributed by atoms with Gasteiger partial charge in [0.05, 0.1) is 6.20 Å². The first kappa shape index (κ1) is 13.1. The normalized spacial score (nSPS) is 10.4. The molecule has 0 saturated heterocycles. The number of nitrogen functional groups attached to an aromatic ring is 1. The lowest BCUT2D eigenvalue weighted by Gasteiger charge is -2.08. The van der Waals surface area contributed by atoms with E-state index in [9.17, 15) is 4.79 Å². The zero-order valence-electron chi connectivity index (χ0n) is 11.0. The number of amides is 1. The second kappa shape index (κ2) is 6.04. The van der Waals surface area contributed by atoms with Gasteiger partial charge in [0.15, 0.2) is 0 Å². The zero-order chi connectivity index (χ0) is 13.7. The lowest BCUT2D eigenvalue weighted by Crippen LogP contribution is -2.16. The van der Waals surface area contributed by atoms with Gasteiger partial charge >= 0.3 is 0 Å². The van der Waals surface area contributed by atoms with E-state index in [0.29, 0.717) is 17.1 Å². The highest BCUT2D eigenvalue weighted by Crippen LogP contribution is 2.12. The minimum Gasteiger partial charge on any atom is -0.399 e. The lowest BCUT2D eigenvalue weighted by atomic mass is 10.2. The van der Waals surface area contributed by atoms with Gasteiger partial charge in [-0.15, -0.1) is 0 Å². The number of rotatable bonds is 5. The predicted octanol–water partition coefficient (Wildman–Crippen LogP) is 2.52. The molecule has 0 spiro atoms. The number of carbonyl (C=O) groups is 1. The SMILES string of the molecule is CCCCn1nccc1NC(=O)c1cccc(N)c1. The number of carbonyl (C=O) groups excluding carboxylic acids is 1. The molecule has 2 rings (SSSR count). The van der Waals surface area contributed by atoms with E-state index in [-0.39, 0.29) is 5.91 Å². The van der Waals surface area contributed by atoms with E-state index in [0.717, 1.165) is 19.4 Å².